The summed E-state index contributed by atoms with van der Waals surface area (Å²) in [5.41, 5.74) is 0. The molecule has 0 spiro atoms. The third-order valence-electron chi connectivity index (χ3n) is 4.08. The van der Waals surface area contributed by atoms with Gasteiger partial charge in [-0.15, -0.1) is 0 Å². The van der Waals surface area contributed by atoms with E-state index in [1.54, 1.807) is 0 Å². The van der Waals surface area contributed by atoms with Gasteiger partial charge < -0.3 is 5.32 Å². The van der Waals surface area contributed by atoms with E-state index < -0.39 is 10.0 Å². The van der Waals surface area contributed by atoms with E-state index in [9.17, 15) is 8.42 Å². The summed E-state index contributed by atoms with van der Waals surface area (Å²) in [7, 11) is -3.04. The highest BCUT2D eigenvalue weighted by Gasteiger charge is 2.38. The Labute approximate surface area is 111 Å². The molecule has 2 fully saturated rings. The van der Waals surface area contributed by atoms with Crippen LogP contribution in [0.1, 0.15) is 39.5 Å². The van der Waals surface area contributed by atoms with Crippen LogP contribution >= 0.6 is 0 Å². The first-order valence-electron chi connectivity index (χ1n) is 7.21. The summed E-state index contributed by atoms with van der Waals surface area (Å²) < 4.78 is 26.6. The molecule has 0 aromatic rings. The summed E-state index contributed by atoms with van der Waals surface area (Å²) >= 11 is 0. The topological polar surface area (TPSA) is 49.4 Å². The van der Waals surface area contributed by atoms with E-state index in [1.807, 2.05) is 18.2 Å². The van der Waals surface area contributed by atoms with E-state index in [-0.39, 0.29) is 12.0 Å². The lowest BCUT2D eigenvalue weighted by molar-refractivity contribution is 0.234. The van der Waals surface area contributed by atoms with Gasteiger partial charge in [0.05, 0.1) is 5.75 Å². The molecule has 2 heterocycles. The van der Waals surface area contributed by atoms with Gasteiger partial charge in [0.15, 0.2) is 0 Å². The minimum atomic E-state index is -3.04. The Balaban J connectivity index is 2.06. The van der Waals surface area contributed by atoms with Crippen molar-refractivity contribution in [3.05, 3.63) is 0 Å². The lowest BCUT2D eigenvalue weighted by Crippen LogP contribution is -2.45. The van der Waals surface area contributed by atoms with Gasteiger partial charge in [0, 0.05) is 12.6 Å². The molecule has 2 aliphatic heterocycles. The van der Waals surface area contributed by atoms with Crippen molar-refractivity contribution < 1.29 is 8.42 Å². The van der Waals surface area contributed by atoms with E-state index in [0.717, 1.165) is 45.3 Å². The first-order valence-corrected chi connectivity index (χ1v) is 8.82. The first kappa shape index (κ1) is 14.3. The average Bonchev–Trinajstić information content (AvgIpc) is 2.78. The van der Waals surface area contributed by atoms with E-state index >= 15 is 0 Å². The molecule has 0 saturated carbocycles. The number of piperidine rings is 1. The van der Waals surface area contributed by atoms with Gasteiger partial charge in [0.2, 0.25) is 10.0 Å². The summed E-state index contributed by atoms with van der Waals surface area (Å²) in [4.78, 5) is 0. The Bertz CT molecular complexity index is 361. The first-order chi connectivity index (χ1) is 8.50. The molecule has 1 N–H and O–H groups in total. The van der Waals surface area contributed by atoms with Gasteiger partial charge in [-0.25, -0.2) is 8.42 Å². The fraction of sp³-hybridized carbons (Fsp3) is 1.00. The van der Waals surface area contributed by atoms with Crippen LogP contribution in [0.3, 0.4) is 0 Å². The predicted octanol–water partition coefficient (Wildman–Crippen LogP) is 1.44. The third kappa shape index (κ3) is 3.25. The molecule has 2 aliphatic rings. The molecule has 0 aliphatic carbocycles. The van der Waals surface area contributed by atoms with Gasteiger partial charge in [0.1, 0.15) is 0 Å². The number of sulfonamides is 1. The quantitative estimate of drug-likeness (QED) is 0.844. The molecule has 106 valence electrons. The molecule has 0 aromatic heterocycles. The molecular formula is C13H26N2O2S. The lowest BCUT2D eigenvalue weighted by atomic mass is 9.89. The highest BCUT2D eigenvalue weighted by Crippen LogP contribution is 2.32. The van der Waals surface area contributed by atoms with Gasteiger partial charge >= 0.3 is 0 Å². The maximum atomic E-state index is 12.4. The summed E-state index contributed by atoms with van der Waals surface area (Å²) in [6.07, 6.45) is 4.34. The summed E-state index contributed by atoms with van der Waals surface area (Å²) in [5.74, 6) is 1.08. The van der Waals surface area contributed by atoms with Crippen LogP contribution in [-0.4, -0.2) is 44.2 Å². The van der Waals surface area contributed by atoms with Gasteiger partial charge in [-0.1, -0.05) is 13.8 Å². The molecule has 0 radical (unpaired) electrons. The number of nitrogens with zero attached hydrogens (tertiary/aromatic N) is 1. The fourth-order valence-corrected chi connectivity index (χ4v) is 5.46. The second-order valence-corrected chi connectivity index (χ2v) is 8.05. The molecule has 1 atom stereocenters. The van der Waals surface area contributed by atoms with E-state index in [4.69, 9.17) is 0 Å². The average molecular weight is 274 g/mol. The molecule has 1 unspecified atom stereocenters. The fourth-order valence-electron chi connectivity index (χ4n) is 3.33. The van der Waals surface area contributed by atoms with Crippen LogP contribution in [0.2, 0.25) is 0 Å². The van der Waals surface area contributed by atoms with Crippen LogP contribution < -0.4 is 5.32 Å². The highest BCUT2D eigenvalue weighted by molar-refractivity contribution is 7.89. The van der Waals surface area contributed by atoms with Crippen LogP contribution in [-0.2, 0) is 10.0 Å². The third-order valence-corrected chi connectivity index (χ3v) is 6.33. The van der Waals surface area contributed by atoms with Crippen molar-refractivity contribution in [2.45, 2.75) is 45.6 Å². The number of rotatable bonds is 4. The SMILES string of the molecule is CC(C)CS(=O)(=O)N1CCCC1C1CCNCC1. The molecule has 18 heavy (non-hydrogen) atoms. The molecule has 2 saturated heterocycles. The molecule has 4 nitrogen and oxygen atoms in total. The second-order valence-electron chi connectivity index (χ2n) is 6.08. The number of hydrogen-bond donors (Lipinski definition) is 1. The highest BCUT2D eigenvalue weighted by atomic mass is 32.2. The minimum Gasteiger partial charge on any atom is -0.317 e. The summed E-state index contributed by atoms with van der Waals surface area (Å²) in [6.45, 7) is 6.78. The Morgan fingerprint density at radius 3 is 2.50 bits per heavy atom. The van der Waals surface area contributed by atoms with E-state index in [0.29, 0.717) is 11.7 Å². The van der Waals surface area contributed by atoms with Gasteiger partial charge in [0.25, 0.3) is 0 Å². The predicted molar refractivity (Wildman–Crippen MR) is 73.9 cm³/mol. The van der Waals surface area contributed by atoms with E-state index in [2.05, 4.69) is 5.32 Å². The summed E-state index contributed by atoms with van der Waals surface area (Å²) in [5, 5.41) is 3.36. The smallest absolute Gasteiger partial charge is 0.214 e. The Morgan fingerprint density at radius 2 is 1.89 bits per heavy atom. The zero-order chi connectivity index (χ0) is 13.2. The number of hydrogen-bond acceptors (Lipinski definition) is 3. The molecule has 0 amide bonds. The zero-order valence-electron chi connectivity index (χ0n) is 11.6. The molecule has 0 aromatic carbocycles. The Morgan fingerprint density at radius 1 is 1.22 bits per heavy atom. The maximum absolute atomic E-state index is 12.4. The standard InChI is InChI=1S/C13H26N2O2S/c1-11(2)10-18(16,17)15-9-3-4-13(15)12-5-7-14-8-6-12/h11-14H,3-10H2,1-2H3. The van der Waals surface area contributed by atoms with Crippen molar-refractivity contribution in [3.63, 3.8) is 0 Å². The van der Waals surface area contributed by atoms with Crippen LogP contribution in [0.15, 0.2) is 0 Å². The van der Waals surface area contributed by atoms with Crippen molar-refractivity contribution in [2.75, 3.05) is 25.4 Å². The number of nitrogens with one attached hydrogen (secondary N) is 1. The van der Waals surface area contributed by atoms with Crippen molar-refractivity contribution in [3.8, 4) is 0 Å². The minimum absolute atomic E-state index is 0.212. The van der Waals surface area contributed by atoms with Crippen molar-refractivity contribution in [1.29, 1.82) is 0 Å². The van der Waals surface area contributed by atoms with E-state index in [1.165, 1.54) is 0 Å². The largest absolute Gasteiger partial charge is 0.317 e. The van der Waals surface area contributed by atoms with Crippen LogP contribution in [0.5, 0.6) is 0 Å². The Kier molecular flexibility index (Phi) is 4.67. The normalized spacial score (nSPS) is 28.1. The van der Waals surface area contributed by atoms with Crippen molar-refractivity contribution in [1.82, 2.24) is 9.62 Å². The molecule has 5 heteroatoms. The monoisotopic (exact) mass is 274 g/mol. The van der Waals surface area contributed by atoms with Crippen LogP contribution in [0.25, 0.3) is 0 Å². The van der Waals surface area contributed by atoms with Crippen molar-refractivity contribution >= 4 is 10.0 Å². The van der Waals surface area contributed by atoms with Gasteiger partial charge in [-0.05, 0) is 50.6 Å². The van der Waals surface area contributed by atoms with Crippen molar-refractivity contribution in [2.24, 2.45) is 11.8 Å². The zero-order valence-corrected chi connectivity index (χ0v) is 12.4. The second kappa shape index (κ2) is 5.88. The van der Waals surface area contributed by atoms with Gasteiger partial charge in [-0.3, -0.25) is 0 Å². The molecule has 2 rings (SSSR count). The molecular weight excluding hydrogens is 248 g/mol. The lowest BCUT2D eigenvalue weighted by Gasteiger charge is -2.34. The van der Waals surface area contributed by atoms with Gasteiger partial charge in [-0.2, -0.15) is 4.31 Å². The van der Waals surface area contributed by atoms with Crippen LogP contribution in [0, 0.1) is 11.8 Å². The van der Waals surface area contributed by atoms with Crippen LogP contribution in [0.4, 0.5) is 0 Å². The molecule has 0 bridgehead atoms. The Hall–Kier alpha value is -0.130. The maximum Gasteiger partial charge on any atom is 0.214 e. The summed E-state index contributed by atoms with van der Waals surface area (Å²) in [6, 6.07) is 0.274.